The number of thioether (sulfide) groups is 1. The second kappa shape index (κ2) is 5.73. The van der Waals surface area contributed by atoms with Crippen LogP contribution < -0.4 is 4.74 Å². The third-order valence-corrected chi connectivity index (χ3v) is 4.24. The van der Waals surface area contributed by atoms with Crippen LogP contribution in [0.25, 0.3) is 0 Å². The van der Waals surface area contributed by atoms with E-state index in [9.17, 15) is 9.18 Å². The molecular formula is C15H12FNO3S. The minimum absolute atomic E-state index is 0.0206. The highest BCUT2D eigenvalue weighted by atomic mass is 32.2. The molecule has 1 N–H and O–H groups in total. The molecule has 108 valence electrons. The van der Waals surface area contributed by atoms with E-state index in [1.165, 1.54) is 36.2 Å². The van der Waals surface area contributed by atoms with Gasteiger partial charge in [-0.1, -0.05) is 0 Å². The summed E-state index contributed by atoms with van der Waals surface area (Å²) in [4.78, 5) is 14.8. The normalized spacial score (nSPS) is 16.3. The van der Waals surface area contributed by atoms with Crippen molar-refractivity contribution in [2.45, 2.75) is 17.6 Å². The number of aromatic nitrogens is 1. The average molecular weight is 305 g/mol. The monoisotopic (exact) mass is 305 g/mol. The maximum atomic E-state index is 13.1. The maximum absolute atomic E-state index is 13.1. The van der Waals surface area contributed by atoms with E-state index in [0.717, 1.165) is 16.3 Å². The van der Waals surface area contributed by atoms with Gasteiger partial charge in [-0.2, -0.15) is 0 Å². The second-order valence-corrected chi connectivity index (χ2v) is 5.74. The predicted molar refractivity (Wildman–Crippen MR) is 76.4 cm³/mol. The third-order valence-electron chi connectivity index (χ3n) is 3.16. The van der Waals surface area contributed by atoms with Gasteiger partial charge in [0, 0.05) is 23.9 Å². The Morgan fingerprint density at radius 1 is 1.43 bits per heavy atom. The van der Waals surface area contributed by atoms with Gasteiger partial charge in [0.1, 0.15) is 17.7 Å². The number of ether oxygens (including phenoxy) is 1. The quantitative estimate of drug-likeness (QED) is 0.880. The van der Waals surface area contributed by atoms with Crippen LogP contribution in [0.5, 0.6) is 5.75 Å². The molecule has 3 rings (SSSR count). The molecule has 0 spiro atoms. The molecule has 1 aromatic heterocycles. The third kappa shape index (κ3) is 3.16. The number of aromatic carboxylic acids is 1. The fraction of sp³-hybridized carbons (Fsp3) is 0.200. The van der Waals surface area contributed by atoms with Crippen LogP contribution in [0.1, 0.15) is 15.9 Å². The van der Waals surface area contributed by atoms with Crippen LogP contribution in [0.4, 0.5) is 4.39 Å². The minimum Gasteiger partial charge on any atom is -0.489 e. The highest BCUT2D eigenvalue weighted by Crippen LogP contribution is 2.31. The first-order chi connectivity index (χ1) is 10.1. The molecule has 2 aromatic rings. The number of hydrogen-bond acceptors (Lipinski definition) is 4. The number of nitrogens with zero attached hydrogens (tertiary/aromatic N) is 1. The topological polar surface area (TPSA) is 59.4 Å². The molecule has 21 heavy (non-hydrogen) atoms. The molecule has 0 fully saturated rings. The van der Waals surface area contributed by atoms with Crippen LogP contribution in [0.15, 0.2) is 41.6 Å². The first-order valence-corrected chi connectivity index (χ1v) is 7.37. The zero-order valence-electron chi connectivity index (χ0n) is 11.0. The van der Waals surface area contributed by atoms with Gasteiger partial charge in [-0.3, -0.25) is 0 Å². The number of carboxylic acids is 1. The molecule has 1 atom stereocenters. The highest BCUT2D eigenvalue weighted by molar-refractivity contribution is 7.99. The van der Waals surface area contributed by atoms with Gasteiger partial charge < -0.3 is 9.84 Å². The molecule has 2 heterocycles. The molecule has 4 nitrogen and oxygen atoms in total. The smallest absolute Gasteiger partial charge is 0.337 e. The van der Waals surface area contributed by atoms with Crippen molar-refractivity contribution in [1.82, 2.24) is 4.98 Å². The Balaban J connectivity index is 1.58. The van der Waals surface area contributed by atoms with Gasteiger partial charge in [-0.05, 0) is 30.3 Å². The van der Waals surface area contributed by atoms with Crippen molar-refractivity contribution < 1.29 is 19.0 Å². The number of carboxylic acid groups (broad SMARTS) is 1. The van der Waals surface area contributed by atoms with E-state index in [4.69, 9.17) is 9.84 Å². The number of rotatable bonds is 4. The zero-order valence-corrected chi connectivity index (χ0v) is 11.8. The molecule has 6 heteroatoms. The molecule has 1 aliphatic heterocycles. The van der Waals surface area contributed by atoms with Gasteiger partial charge in [0.05, 0.1) is 10.6 Å². The zero-order chi connectivity index (χ0) is 14.8. The van der Waals surface area contributed by atoms with E-state index < -0.39 is 5.97 Å². The Hall–Kier alpha value is -2.08. The highest BCUT2D eigenvalue weighted by Gasteiger charge is 2.23. The number of halogens is 1. The fourth-order valence-electron chi connectivity index (χ4n) is 2.15. The molecular weight excluding hydrogens is 293 g/mol. The van der Waals surface area contributed by atoms with E-state index in [1.54, 1.807) is 12.1 Å². The number of pyridine rings is 1. The van der Waals surface area contributed by atoms with Crippen molar-refractivity contribution in [2.75, 3.05) is 5.75 Å². The summed E-state index contributed by atoms with van der Waals surface area (Å²) < 4.78 is 18.9. The molecule has 1 aromatic carbocycles. The lowest BCUT2D eigenvalue weighted by Gasteiger charge is -2.09. The lowest BCUT2D eigenvalue weighted by Crippen LogP contribution is -2.15. The number of carbonyl (C=O) groups is 1. The van der Waals surface area contributed by atoms with Gasteiger partial charge >= 0.3 is 5.97 Å². The van der Waals surface area contributed by atoms with Crippen LogP contribution in [0.2, 0.25) is 0 Å². The minimum atomic E-state index is -0.990. The number of hydrogen-bond donors (Lipinski definition) is 1. The van der Waals surface area contributed by atoms with E-state index in [2.05, 4.69) is 4.98 Å². The Labute approximate surface area is 125 Å². The van der Waals surface area contributed by atoms with Gasteiger partial charge in [0.15, 0.2) is 0 Å². The van der Waals surface area contributed by atoms with Gasteiger partial charge in [0.2, 0.25) is 0 Å². The Morgan fingerprint density at radius 3 is 3.00 bits per heavy atom. The predicted octanol–water partition coefficient (Wildman–Crippen LogP) is 3.01. The summed E-state index contributed by atoms with van der Waals surface area (Å²) in [6, 6.07) is 7.74. The molecule has 0 saturated carbocycles. The summed E-state index contributed by atoms with van der Waals surface area (Å²) in [5.41, 5.74) is 1.05. The maximum Gasteiger partial charge on any atom is 0.337 e. The van der Waals surface area contributed by atoms with Crippen molar-refractivity contribution in [3.63, 3.8) is 0 Å². The van der Waals surface area contributed by atoms with Gasteiger partial charge in [-0.25, -0.2) is 14.2 Å². The first-order valence-electron chi connectivity index (χ1n) is 6.39. The second-order valence-electron chi connectivity index (χ2n) is 4.70. The molecule has 0 saturated heterocycles. The van der Waals surface area contributed by atoms with Crippen LogP contribution >= 0.6 is 11.8 Å². The van der Waals surface area contributed by atoms with Crippen molar-refractivity contribution in [1.29, 1.82) is 0 Å². The van der Waals surface area contributed by atoms with Crippen molar-refractivity contribution in [2.24, 2.45) is 0 Å². The van der Waals surface area contributed by atoms with E-state index >= 15 is 0 Å². The van der Waals surface area contributed by atoms with Gasteiger partial charge in [-0.15, -0.1) is 11.8 Å². The van der Waals surface area contributed by atoms with E-state index in [-0.39, 0.29) is 17.5 Å². The summed E-state index contributed by atoms with van der Waals surface area (Å²) >= 11 is 1.49. The largest absolute Gasteiger partial charge is 0.489 e. The molecule has 1 aliphatic rings. The Morgan fingerprint density at radius 2 is 2.29 bits per heavy atom. The molecule has 0 bridgehead atoms. The molecule has 0 aliphatic carbocycles. The van der Waals surface area contributed by atoms with Gasteiger partial charge in [0.25, 0.3) is 0 Å². The van der Waals surface area contributed by atoms with Crippen LogP contribution in [-0.4, -0.2) is 27.9 Å². The lowest BCUT2D eigenvalue weighted by molar-refractivity contribution is 0.0696. The summed E-state index contributed by atoms with van der Waals surface area (Å²) in [6.45, 7) is 0. The Bertz CT molecular complexity index is 675. The number of fused-ring (bicyclic) bond motifs is 1. The SMILES string of the molecule is O=C(O)c1ccc(SCC2Cc3cc(F)ccc3O2)nc1. The van der Waals surface area contributed by atoms with Crippen LogP contribution in [-0.2, 0) is 6.42 Å². The fourth-order valence-corrected chi connectivity index (χ4v) is 2.99. The molecule has 1 unspecified atom stereocenters. The van der Waals surface area contributed by atoms with Crippen molar-refractivity contribution >= 4 is 17.7 Å². The van der Waals surface area contributed by atoms with Crippen molar-refractivity contribution in [3.05, 3.63) is 53.5 Å². The van der Waals surface area contributed by atoms with Crippen LogP contribution in [0.3, 0.4) is 0 Å². The molecule has 0 radical (unpaired) electrons. The summed E-state index contributed by atoms with van der Waals surface area (Å²) in [5, 5.41) is 9.54. The van der Waals surface area contributed by atoms with E-state index in [1.807, 2.05) is 0 Å². The van der Waals surface area contributed by atoms with Crippen molar-refractivity contribution in [3.8, 4) is 5.75 Å². The summed E-state index contributed by atoms with van der Waals surface area (Å²) in [6.07, 6.45) is 1.99. The standard InChI is InChI=1S/C15H12FNO3S/c16-11-2-3-13-10(5-11)6-12(20-13)8-21-14-4-1-9(7-17-14)15(18)19/h1-5,7,12H,6,8H2,(H,18,19). The molecule has 0 amide bonds. The summed E-state index contributed by atoms with van der Waals surface area (Å²) in [5.74, 6) is 0.166. The summed E-state index contributed by atoms with van der Waals surface area (Å²) in [7, 11) is 0. The Kier molecular flexibility index (Phi) is 3.79. The van der Waals surface area contributed by atoms with Crippen LogP contribution in [0, 0.1) is 5.82 Å². The number of benzene rings is 1. The van der Waals surface area contributed by atoms with E-state index in [0.29, 0.717) is 12.2 Å². The lowest BCUT2D eigenvalue weighted by atomic mass is 10.1. The first kappa shape index (κ1) is 13.9. The average Bonchev–Trinajstić information content (AvgIpc) is 2.87.